The minimum Gasteiger partial charge on any atom is -0.379 e. The molecule has 2 aliphatic carbocycles. The number of amides is 1. The number of nitrogens with zero attached hydrogens (tertiary/aromatic N) is 1. The van der Waals surface area contributed by atoms with Crippen molar-refractivity contribution in [1.29, 1.82) is 0 Å². The van der Waals surface area contributed by atoms with Crippen LogP contribution in [0.25, 0.3) is 0 Å². The number of rotatable bonds is 4. The zero-order valence-corrected chi connectivity index (χ0v) is 11.1. The summed E-state index contributed by atoms with van der Waals surface area (Å²) in [6, 6.07) is 0. The smallest absolute Gasteiger partial charge is 0.223 e. The summed E-state index contributed by atoms with van der Waals surface area (Å²) in [5, 5.41) is 3.14. The van der Waals surface area contributed by atoms with Gasteiger partial charge in [-0.15, -0.1) is 0 Å². The van der Waals surface area contributed by atoms with E-state index in [1.165, 1.54) is 19.3 Å². The van der Waals surface area contributed by atoms with E-state index in [9.17, 15) is 4.79 Å². The molecule has 0 aromatic carbocycles. The number of hydrogen-bond donors (Lipinski definition) is 1. The lowest BCUT2D eigenvalue weighted by molar-refractivity contribution is -0.126. The molecule has 0 radical (unpaired) electrons. The maximum Gasteiger partial charge on any atom is 0.223 e. The number of carbonyl (C=O) groups excluding carboxylic acids is 1. The standard InChI is InChI=1S/C14H24N2O2/c17-14(13-10-11-1-2-12(13)9-11)15-3-4-16-5-7-18-8-6-16/h11-13H,1-10H2,(H,15,17)/t11-,12-,13-/m0/s1. The Morgan fingerprint density at radius 1 is 1.22 bits per heavy atom. The Morgan fingerprint density at radius 2 is 2.06 bits per heavy atom. The molecule has 2 bridgehead atoms. The molecule has 4 heteroatoms. The summed E-state index contributed by atoms with van der Waals surface area (Å²) in [4.78, 5) is 14.5. The maximum absolute atomic E-state index is 12.1. The highest BCUT2D eigenvalue weighted by Crippen LogP contribution is 2.48. The molecule has 3 fully saturated rings. The van der Waals surface area contributed by atoms with Crippen LogP contribution >= 0.6 is 0 Å². The van der Waals surface area contributed by atoms with Gasteiger partial charge in [0, 0.05) is 32.1 Å². The molecular weight excluding hydrogens is 228 g/mol. The lowest BCUT2D eigenvalue weighted by Gasteiger charge is -2.27. The molecule has 1 aliphatic heterocycles. The van der Waals surface area contributed by atoms with E-state index < -0.39 is 0 Å². The Balaban J connectivity index is 1.36. The van der Waals surface area contributed by atoms with Crippen molar-refractivity contribution in [2.24, 2.45) is 17.8 Å². The van der Waals surface area contributed by atoms with E-state index in [4.69, 9.17) is 4.74 Å². The fourth-order valence-corrected chi connectivity index (χ4v) is 3.86. The van der Waals surface area contributed by atoms with Gasteiger partial charge in [-0.3, -0.25) is 9.69 Å². The van der Waals surface area contributed by atoms with E-state index in [-0.39, 0.29) is 0 Å². The summed E-state index contributed by atoms with van der Waals surface area (Å²) in [6.45, 7) is 5.44. The number of fused-ring (bicyclic) bond motifs is 2. The van der Waals surface area contributed by atoms with Crippen LogP contribution in [0.4, 0.5) is 0 Å². The van der Waals surface area contributed by atoms with Crippen LogP contribution in [-0.2, 0) is 9.53 Å². The first kappa shape index (κ1) is 12.4. The molecule has 102 valence electrons. The molecule has 3 aliphatic rings. The Morgan fingerprint density at radius 3 is 2.72 bits per heavy atom. The molecule has 1 N–H and O–H groups in total. The Kier molecular flexibility index (Phi) is 3.85. The SMILES string of the molecule is O=C(NCCN1CCOCC1)[C@H]1C[C@H]2CC[C@H]1C2. The number of morpholine rings is 1. The van der Waals surface area contributed by atoms with Gasteiger partial charge in [0.25, 0.3) is 0 Å². The molecule has 4 nitrogen and oxygen atoms in total. The predicted octanol–water partition coefficient (Wildman–Crippen LogP) is 0.871. The number of carbonyl (C=O) groups is 1. The van der Waals surface area contributed by atoms with Gasteiger partial charge in [-0.1, -0.05) is 6.42 Å². The third-order valence-corrected chi connectivity index (χ3v) is 4.91. The Hall–Kier alpha value is -0.610. The highest BCUT2D eigenvalue weighted by molar-refractivity contribution is 5.79. The highest BCUT2D eigenvalue weighted by Gasteiger charge is 2.42. The summed E-state index contributed by atoms with van der Waals surface area (Å²) < 4.78 is 5.31. The molecule has 0 spiro atoms. The van der Waals surface area contributed by atoms with Crippen molar-refractivity contribution in [3.05, 3.63) is 0 Å². The van der Waals surface area contributed by atoms with E-state index >= 15 is 0 Å². The third kappa shape index (κ3) is 2.69. The molecule has 18 heavy (non-hydrogen) atoms. The van der Waals surface area contributed by atoms with Crippen LogP contribution in [0.1, 0.15) is 25.7 Å². The average molecular weight is 252 g/mol. The van der Waals surface area contributed by atoms with Crippen LogP contribution < -0.4 is 5.32 Å². The molecule has 2 saturated carbocycles. The quantitative estimate of drug-likeness (QED) is 0.807. The lowest BCUT2D eigenvalue weighted by atomic mass is 9.88. The van der Waals surface area contributed by atoms with Crippen molar-refractivity contribution >= 4 is 5.91 Å². The molecule has 3 rings (SSSR count). The van der Waals surface area contributed by atoms with Crippen molar-refractivity contribution in [2.45, 2.75) is 25.7 Å². The van der Waals surface area contributed by atoms with Gasteiger partial charge in [0.15, 0.2) is 0 Å². The average Bonchev–Trinajstić information content (AvgIpc) is 3.02. The summed E-state index contributed by atoms with van der Waals surface area (Å²) >= 11 is 0. The maximum atomic E-state index is 12.1. The molecule has 1 saturated heterocycles. The van der Waals surface area contributed by atoms with Gasteiger partial charge >= 0.3 is 0 Å². The van der Waals surface area contributed by atoms with Gasteiger partial charge in [-0.05, 0) is 31.1 Å². The predicted molar refractivity (Wildman–Crippen MR) is 69.2 cm³/mol. The first-order valence-corrected chi connectivity index (χ1v) is 7.41. The second-order valence-corrected chi connectivity index (χ2v) is 6.03. The molecule has 1 amide bonds. The summed E-state index contributed by atoms with van der Waals surface area (Å²) in [6.07, 6.45) is 5.10. The zero-order chi connectivity index (χ0) is 12.4. The first-order valence-electron chi connectivity index (χ1n) is 7.41. The highest BCUT2D eigenvalue weighted by atomic mass is 16.5. The molecule has 1 heterocycles. The Labute approximate surface area is 109 Å². The molecule has 0 unspecified atom stereocenters. The van der Waals surface area contributed by atoms with Crippen LogP contribution in [0.5, 0.6) is 0 Å². The van der Waals surface area contributed by atoms with E-state index in [0.29, 0.717) is 17.7 Å². The van der Waals surface area contributed by atoms with Crippen LogP contribution in [-0.4, -0.2) is 50.2 Å². The summed E-state index contributed by atoms with van der Waals surface area (Å²) in [5.41, 5.74) is 0. The van der Waals surface area contributed by atoms with Crippen molar-refractivity contribution < 1.29 is 9.53 Å². The summed E-state index contributed by atoms with van der Waals surface area (Å²) in [7, 11) is 0. The second-order valence-electron chi connectivity index (χ2n) is 6.03. The fourth-order valence-electron chi connectivity index (χ4n) is 3.86. The minimum atomic E-state index is 0.315. The van der Waals surface area contributed by atoms with Crippen LogP contribution in [0.15, 0.2) is 0 Å². The van der Waals surface area contributed by atoms with Gasteiger partial charge < -0.3 is 10.1 Å². The monoisotopic (exact) mass is 252 g/mol. The number of hydrogen-bond acceptors (Lipinski definition) is 3. The molecular formula is C14H24N2O2. The van der Waals surface area contributed by atoms with E-state index in [1.807, 2.05) is 0 Å². The fraction of sp³-hybridized carbons (Fsp3) is 0.929. The summed E-state index contributed by atoms with van der Waals surface area (Å²) in [5.74, 6) is 2.19. The van der Waals surface area contributed by atoms with E-state index in [2.05, 4.69) is 10.2 Å². The van der Waals surface area contributed by atoms with Gasteiger partial charge in [-0.25, -0.2) is 0 Å². The number of ether oxygens (including phenoxy) is 1. The molecule has 3 atom stereocenters. The topological polar surface area (TPSA) is 41.6 Å². The van der Waals surface area contributed by atoms with Crippen LogP contribution in [0, 0.1) is 17.8 Å². The van der Waals surface area contributed by atoms with E-state index in [0.717, 1.165) is 51.7 Å². The van der Waals surface area contributed by atoms with Crippen molar-refractivity contribution in [1.82, 2.24) is 10.2 Å². The first-order chi connectivity index (χ1) is 8.83. The van der Waals surface area contributed by atoms with Crippen molar-refractivity contribution in [3.63, 3.8) is 0 Å². The normalized spacial score (nSPS) is 35.9. The Bertz CT molecular complexity index is 302. The van der Waals surface area contributed by atoms with Gasteiger partial charge in [0.05, 0.1) is 13.2 Å². The van der Waals surface area contributed by atoms with Crippen molar-refractivity contribution in [3.8, 4) is 0 Å². The molecule has 0 aromatic heterocycles. The van der Waals surface area contributed by atoms with Gasteiger partial charge in [0.1, 0.15) is 0 Å². The van der Waals surface area contributed by atoms with Gasteiger partial charge in [-0.2, -0.15) is 0 Å². The van der Waals surface area contributed by atoms with Crippen molar-refractivity contribution in [2.75, 3.05) is 39.4 Å². The second kappa shape index (κ2) is 5.57. The van der Waals surface area contributed by atoms with E-state index in [1.54, 1.807) is 0 Å². The third-order valence-electron chi connectivity index (χ3n) is 4.91. The van der Waals surface area contributed by atoms with Crippen LogP contribution in [0.2, 0.25) is 0 Å². The minimum absolute atomic E-state index is 0.315. The lowest BCUT2D eigenvalue weighted by Crippen LogP contribution is -2.43. The zero-order valence-electron chi connectivity index (χ0n) is 11.1. The van der Waals surface area contributed by atoms with Gasteiger partial charge in [0.2, 0.25) is 5.91 Å². The molecule has 0 aromatic rings. The largest absolute Gasteiger partial charge is 0.379 e. The number of nitrogens with one attached hydrogen (secondary N) is 1. The van der Waals surface area contributed by atoms with Crippen LogP contribution in [0.3, 0.4) is 0 Å².